The van der Waals surface area contributed by atoms with E-state index >= 15 is 0 Å². The van der Waals surface area contributed by atoms with Gasteiger partial charge in [-0.1, -0.05) is 27.7 Å². The van der Waals surface area contributed by atoms with E-state index in [0.717, 1.165) is 19.3 Å². The van der Waals surface area contributed by atoms with Gasteiger partial charge < -0.3 is 0 Å². The van der Waals surface area contributed by atoms with E-state index < -0.39 is 10.1 Å². The van der Waals surface area contributed by atoms with Gasteiger partial charge in [0.2, 0.25) is 0 Å². The number of fused-ring (bicyclic) bond motifs is 1. The van der Waals surface area contributed by atoms with Crippen LogP contribution in [-0.2, 0) is 14.3 Å². The molecule has 1 saturated carbocycles. The van der Waals surface area contributed by atoms with Crippen LogP contribution in [0.1, 0.15) is 47.0 Å². The van der Waals surface area contributed by atoms with Gasteiger partial charge in [-0.25, -0.2) is 0 Å². The summed E-state index contributed by atoms with van der Waals surface area (Å²) in [7, 11) is -3.29. The van der Waals surface area contributed by atoms with Crippen molar-refractivity contribution in [1.82, 2.24) is 0 Å². The molecule has 1 aliphatic carbocycles. The number of hydrogen-bond donors (Lipinski definition) is 0. The highest BCUT2D eigenvalue weighted by molar-refractivity contribution is 7.87. The van der Waals surface area contributed by atoms with Gasteiger partial charge >= 0.3 is 0 Å². The Labute approximate surface area is 98.7 Å². The van der Waals surface area contributed by atoms with Gasteiger partial charge in [0.05, 0.1) is 11.4 Å². The molecule has 16 heavy (non-hydrogen) atoms. The zero-order valence-corrected chi connectivity index (χ0v) is 11.4. The molecular formula is C12H22O3S. The van der Waals surface area contributed by atoms with Crippen LogP contribution >= 0.6 is 0 Å². The first-order valence-electron chi connectivity index (χ1n) is 6.22. The Kier molecular flexibility index (Phi) is 2.86. The molecule has 0 radical (unpaired) electrons. The zero-order chi connectivity index (χ0) is 12.1. The molecule has 1 saturated heterocycles. The van der Waals surface area contributed by atoms with Crippen LogP contribution in [0.3, 0.4) is 0 Å². The molecule has 1 heterocycles. The Bertz CT molecular complexity index is 374. The van der Waals surface area contributed by atoms with E-state index in [4.69, 9.17) is 4.18 Å². The second-order valence-electron chi connectivity index (χ2n) is 5.96. The van der Waals surface area contributed by atoms with Gasteiger partial charge in [0.1, 0.15) is 0 Å². The molecule has 0 aromatic rings. The molecule has 4 atom stereocenters. The summed E-state index contributed by atoms with van der Waals surface area (Å²) < 4.78 is 29.0. The molecule has 4 heteroatoms. The average molecular weight is 246 g/mol. The van der Waals surface area contributed by atoms with Crippen LogP contribution in [0, 0.1) is 17.3 Å². The second-order valence-corrected chi connectivity index (χ2v) is 7.74. The van der Waals surface area contributed by atoms with Gasteiger partial charge in [0.15, 0.2) is 0 Å². The summed E-state index contributed by atoms with van der Waals surface area (Å²) in [4.78, 5) is 0. The van der Waals surface area contributed by atoms with E-state index in [1.54, 1.807) is 0 Å². The van der Waals surface area contributed by atoms with Gasteiger partial charge in [0.25, 0.3) is 10.1 Å². The fourth-order valence-corrected chi connectivity index (χ4v) is 5.26. The predicted molar refractivity (Wildman–Crippen MR) is 63.5 cm³/mol. The van der Waals surface area contributed by atoms with Crippen molar-refractivity contribution in [2.45, 2.75) is 58.3 Å². The summed E-state index contributed by atoms with van der Waals surface area (Å²) in [5.41, 5.74) is 0.166. The van der Waals surface area contributed by atoms with Gasteiger partial charge in [-0.05, 0) is 30.6 Å². The summed E-state index contributed by atoms with van der Waals surface area (Å²) >= 11 is 0. The van der Waals surface area contributed by atoms with Crippen LogP contribution in [0.15, 0.2) is 0 Å². The molecule has 0 amide bonds. The Balaban J connectivity index is 2.29. The summed E-state index contributed by atoms with van der Waals surface area (Å²) in [5.74, 6) is 0.758. The van der Waals surface area contributed by atoms with Crippen LogP contribution in [0.4, 0.5) is 0 Å². The maximum absolute atomic E-state index is 11.9. The summed E-state index contributed by atoms with van der Waals surface area (Å²) in [6.45, 7) is 8.61. The van der Waals surface area contributed by atoms with E-state index in [-0.39, 0.29) is 22.7 Å². The number of hydrogen-bond acceptors (Lipinski definition) is 3. The molecule has 0 bridgehead atoms. The fraction of sp³-hybridized carbons (Fsp3) is 1.00. The van der Waals surface area contributed by atoms with E-state index in [2.05, 4.69) is 20.8 Å². The van der Waals surface area contributed by atoms with Crippen LogP contribution < -0.4 is 0 Å². The minimum Gasteiger partial charge on any atom is -0.266 e. The first-order chi connectivity index (χ1) is 7.30. The highest BCUT2D eigenvalue weighted by Crippen LogP contribution is 2.54. The van der Waals surface area contributed by atoms with Crippen molar-refractivity contribution in [1.29, 1.82) is 0 Å². The summed E-state index contributed by atoms with van der Waals surface area (Å²) in [6.07, 6.45) is 2.49. The van der Waals surface area contributed by atoms with Crippen LogP contribution in [0.5, 0.6) is 0 Å². The van der Waals surface area contributed by atoms with Gasteiger partial charge in [0, 0.05) is 5.92 Å². The minimum absolute atomic E-state index is 0.0735. The molecule has 4 unspecified atom stereocenters. The monoisotopic (exact) mass is 246 g/mol. The maximum atomic E-state index is 11.9. The molecule has 0 aromatic heterocycles. The van der Waals surface area contributed by atoms with Crippen molar-refractivity contribution in [2.24, 2.45) is 17.3 Å². The summed E-state index contributed by atoms with van der Waals surface area (Å²) in [5, 5.41) is -0.246. The molecule has 2 aliphatic rings. The highest BCUT2D eigenvalue weighted by Gasteiger charge is 2.57. The lowest BCUT2D eigenvalue weighted by molar-refractivity contribution is 0.143. The van der Waals surface area contributed by atoms with Crippen molar-refractivity contribution < 1.29 is 12.6 Å². The standard InChI is InChI=1S/C12H22O3S/c1-5-10-9-6-12(4,8(2)3)7-11(9)16(13,14)15-10/h8-11H,5-7H2,1-4H3. The molecule has 2 fully saturated rings. The van der Waals surface area contributed by atoms with Crippen molar-refractivity contribution >= 4 is 10.1 Å². The van der Waals surface area contributed by atoms with Crippen molar-refractivity contribution in [2.75, 3.05) is 0 Å². The molecule has 94 valence electrons. The topological polar surface area (TPSA) is 43.4 Å². The molecule has 2 rings (SSSR count). The predicted octanol–water partition coefficient (Wildman–Crippen LogP) is 2.57. The highest BCUT2D eigenvalue weighted by atomic mass is 32.2. The third kappa shape index (κ3) is 1.70. The Morgan fingerprint density at radius 3 is 2.50 bits per heavy atom. The second kappa shape index (κ2) is 3.70. The molecular weight excluding hydrogens is 224 g/mol. The molecule has 3 nitrogen and oxygen atoms in total. The first-order valence-corrected chi connectivity index (χ1v) is 7.69. The van der Waals surface area contributed by atoms with Crippen molar-refractivity contribution in [3.05, 3.63) is 0 Å². The summed E-state index contributed by atoms with van der Waals surface area (Å²) in [6, 6.07) is 0. The third-order valence-corrected chi connectivity index (χ3v) is 6.52. The lowest BCUT2D eigenvalue weighted by Gasteiger charge is -2.30. The smallest absolute Gasteiger partial charge is 0.266 e. The average Bonchev–Trinajstić information content (AvgIpc) is 2.63. The minimum atomic E-state index is -3.29. The quantitative estimate of drug-likeness (QED) is 0.703. The molecule has 0 aromatic carbocycles. The van der Waals surface area contributed by atoms with Gasteiger partial charge in [-0.3, -0.25) is 4.18 Å². The normalized spacial score (nSPS) is 46.2. The van der Waals surface area contributed by atoms with Crippen LogP contribution in [0.2, 0.25) is 0 Å². The van der Waals surface area contributed by atoms with Gasteiger partial charge in [-0.2, -0.15) is 8.42 Å². The van der Waals surface area contributed by atoms with Gasteiger partial charge in [-0.15, -0.1) is 0 Å². The van der Waals surface area contributed by atoms with E-state index in [1.807, 2.05) is 6.92 Å². The number of rotatable bonds is 2. The van der Waals surface area contributed by atoms with E-state index in [0.29, 0.717) is 5.92 Å². The lowest BCUT2D eigenvalue weighted by Crippen LogP contribution is -2.24. The zero-order valence-electron chi connectivity index (χ0n) is 10.6. The third-order valence-electron chi connectivity index (χ3n) is 4.75. The van der Waals surface area contributed by atoms with Crippen molar-refractivity contribution in [3.63, 3.8) is 0 Å². The van der Waals surface area contributed by atoms with Crippen LogP contribution in [0.25, 0.3) is 0 Å². The molecule has 0 N–H and O–H groups in total. The van der Waals surface area contributed by atoms with Crippen molar-refractivity contribution in [3.8, 4) is 0 Å². The molecule has 1 aliphatic heterocycles. The first kappa shape index (κ1) is 12.4. The van der Waals surface area contributed by atoms with E-state index in [1.165, 1.54) is 0 Å². The fourth-order valence-electron chi connectivity index (χ4n) is 3.21. The Morgan fingerprint density at radius 1 is 1.38 bits per heavy atom. The Hall–Kier alpha value is -0.0900. The lowest BCUT2D eigenvalue weighted by atomic mass is 9.76. The Morgan fingerprint density at radius 2 is 2.00 bits per heavy atom. The SMILES string of the molecule is CCC1OS(=O)(=O)C2CC(C)(C(C)C)CC12. The maximum Gasteiger partial charge on any atom is 0.270 e. The largest absolute Gasteiger partial charge is 0.270 e. The van der Waals surface area contributed by atoms with E-state index in [9.17, 15) is 8.42 Å². The van der Waals surface area contributed by atoms with Crippen LogP contribution in [-0.4, -0.2) is 19.8 Å². The molecule has 0 spiro atoms.